The van der Waals surface area contributed by atoms with E-state index in [1.54, 1.807) is 6.33 Å². The summed E-state index contributed by atoms with van der Waals surface area (Å²) in [6.07, 6.45) is 8.13. The number of aliphatic hydroxyl groups is 1. The van der Waals surface area contributed by atoms with Gasteiger partial charge in [-0.15, -0.1) is 0 Å². The number of rotatable bonds is 6. The van der Waals surface area contributed by atoms with Gasteiger partial charge in [0.25, 0.3) is 0 Å². The van der Waals surface area contributed by atoms with Gasteiger partial charge in [0, 0.05) is 25.3 Å². The molecule has 1 unspecified atom stereocenters. The van der Waals surface area contributed by atoms with Crippen molar-refractivity contribution in [2.24, 2.45) is 0 Å². The van der Waals surface area contributed by atoms with Gasteiger partial charge in [-0.2, -0.15) is 0 Å². The van der Waals surface area contributed by atoms with E-state index >= 15 is 0 Å². The fraction of sp³-hybridized carbons (Fsp3) is 0.600. The predicted octanol–water partition coefficient (Wildman–Crippen LogP) is 1.61. The minimum atomic E-state index is 0.280. The standard InChI is InChI=1S/C15H23N5O/c21-10-12-4-1-2-8-20(12)9-3-6-17-15-14-13(5-7-16-14)18-11-19-15/h5,7,11-12,16,21H,1-4,6,8-10H2,(H,17,18,19). The second-order valence-corrected chi connectivity index (χ2v) is 5.61. The fourth-order valence-corrected chi connectivity index (χ4v) is 3.06. The van der Waals surface area contributed by atoms with E-state index in [9.17, 15) is 5.11 Å². The lowest BCUT2D eigenvalue weighted by atomic mass is 10.0. The first kappa shape index (κ1) is 14.3. The Morgan fingerprint density at radius 3 is 3.24 bits per heavy atom. The first-order valence-corrected chi connectivity index (χ1v) is 7.75. The van der Waals surface area contributed by atoms with E-state index in [2.05, 4.69) is 25.2 Å². The zero-order valence-electron chi connectivity index (χ0n) is 12.3. The number of likely N-dealkylation sites (tertiary alicyclic amines) is 1. The molecule has 1 aliphatic rings. The molecule has 6 nitrogen and oxygen atoms in total. The molecule has 3 heterocycles. The highest BCUT2D eigenvalue weighted by Crippen LogP contribution is 2.18. The zero-order valence-corrected chi connectivity index (χ0v) is 12.3. The summed E-state index contributed by atoms with van der Waals surface area (Å²) < 4.78 is 0. The maximum absolute atomic E-state index is 9.41. The Hall–Kier alpha value is -1.66. The number of anilines is 1. The summed E-state index contributed by atoms with van der Waals surface area (Å²) in [6, 6.07) is 2.30. The molecule has 21 heavy (non-hydrogen) atoms. The van der Waals surface area contributed by atoms with E-state index in [-0.39, 0.29) is 6.61 Å². The van der Waals surface area contributed by atoms with Crippen molar-refractivity contribution >= 4 is 16.9 Å². The SMILES string of the molecule is OCC1CCCCN1CCCNc1ncnc2cc[nH]c12. The van der Waals surface area contributed by atoms with Crippen LogP contribution in [0.15, 0.2) is 18.6 Å². The maximum atomic E-state index is 9.41. The van der Waals surface area contributed by atoms with Gasteiger partial charge in [-0.25, -0.2) is 9.97 Å². The molecule has 1 atom stereocenters. The molecule has 0 amide bonds. The van der Waals surface area contributed by atoms with Crippen LogP contribution in [0.4, 0.5) is 5.82 Å². The van der Waals surface area contributed by atoms with E-state index in [0.717, 1.165) is 49.3 Å². The summed E-state index contributed by atoms with van der Waals surface area (Å²) in [5, 5.41) is 12.8. The molecule has 3 rings (SSSR count). The minimum Gasteiger partial charge on any atom is -0.395 e. The van der Waals surface area contributed by atoms with Crippen LogP contribution in [-0.4, -0.2) is 57.2 Å². The summed E-state index contributed by atoms with van der Waals surface area (Å²) in [5.41, 5.74) is 1.90. The highest BCUT2D eigenvalue weighted by Gasteiger charge is 2.20. The van der Waals surface area contributed by atoms with Crippen LogP contribution in [0.25, 0.3) is 11.0 Å². The molecule has 2 aromatic heterocycles. The molecule has 0 saturated carbocycles. The molecule has 0 aromatic carbocycles. The van der Waals surface area contributed by atoms with Gasteiger partial charge in [-0.3, -0.25) is 4.90 Å². The Labute approximate surface area is 124 Å². The number of aromatic nitrogens is 3. The Kier molecular flexibility index (Phi) is 4.67. The lowest BCUT2D eigenvalue weighted by Crippen LogP contribution is -2.42. The van der Waals surface area contributed by atoms with Crippen LogP contribution >= 0.6 is 0 Å². The number of fused-ring (bicyclic) bond motifs is 1. The number of hydrogen-bond acceptors (Lipinski definition) is 5. The lowest BCUT2D eigenvalue weighted by molar-refractivity contribution is 0.0901. The largest absolute Gasteiger partial charge is 0.395 e. The fourth-order valence-electron chi connectivity index (χ4n) is 3.06. The average Bonchev–Trinajstić information content (AvgIpc) is 3.01. The second kappa shape index (κ2) is 6.87. The zero-order chi connectivity index (χ0) is 14.5. The molecule has 6 heteroatoms. The van der Waals surface area contributed by atoms with Crippen LogP contribution < -0.4 is 5.32 Å². The molecule has 1 aliphatic heterocycles. The Morgan fingerprint density at radius 1 is 1.38 bits per heavy atom. The number of piperidine rings is 1. The topological polar surface area (TPSA) is 77.1 Å². The third-order valence-corrected chi connectivity index (χ3v) is 4.22. The van der Waals surface area contributed by atoms with Crippen molar-refractivity contribution in [3.05, 3.63) is 18.6 Å². The Bertz CT molecular complexity index is 570. The average molecular weight is 289 g/mol. The van der Waals surface area contributed by atoms with E-state index in [1.165, 1.54) is 12.8 Å². The smallest absolute Gasteiger partial charge is 0.153 e. The van der Waals surface area contributed by atoms with Crippen molar-refractivity contribution in [2.45, 2.75) is 31.7 Å². The molecule has 3 N–H and O–H groups in total. The number of H-pyrrole nitrogens is 1. The molecular weight excluding hydrogens is 266 g/mol. The van der Waals surface area contributed by atoms with E-state index in [0.29, 0.717) is 6.04 Å². The summed E-state index contributed by atoms with van der Waals surface area (Å²) in [6.45, 7) is 3.29. The molecule has 1 fully saturated rings. The van der Waals surface area contributed by atoms with Crippen LogP contribution in [0.1, 0.15) is 25.7 Å². The van der Waals surface area contributed by atoms with Crippen molar-refractivity contribution in [1.29, 1.82) is 0 Å². The van der Waals surface area contributed by atoms with Gasteiger partial charge >= 0.3 is 0 Å². The number of aromatic amines is 1. The van der Waals surface area contributed by atoms with Gasteiger partial charge in [0.15, 0.2) is 5.82 Å². The first-order valence-electron chi connectivity index (χ1n) is 7.75. The summed E-state index contributed by atoms with van der Waals surface area (Å²) in [5.74, 6) is 0.863. The summed E-state index contributed by atoms with van der Waals surface area (Å²) >= 11 is 0. The molecular formula is C15H23N5O. The molecule has 0 aliphatic carbocycles. The van der Waals surface area contributed by atoms with E-state index < -0.39 is 0 Å². The van der Waals surface area contributed by atoms with Crippen LogP contribution in [0.5, 0.6) is 0 Å². The molecule has 114 valence electrons. The van der Waals surface area contributed by atoms with Crippen molar-refractivity contribution in [1.82, 2.24) is 19.9 Å². The molecule has 0 bridgehead atoms. The van der Waals surface area contributed by atoms with Crippen molar-refractivity contribution in [2.75, 3.05) is 31.6 Å². The van der Waals surface area contributed by atoms with Crippen molar-refractivity contribution in [3.63, 3.8) is 0 Å². The second-order valence-electron chi connectivity index (χ2n) is 5.61. The van der Waals surface area contributed by atoms with E-state index in [1.807, 2.05) is 12.3 Å². The van der Waals surface area contributed by atoms with Gasteiger partial charge < -0.3 is 15.4 Å². The van der Waals surface area contributed by atoms with Crippen molar-refractivity contribution in [3.8, 4) is 0 Å². The third-order valence-electron chi connectivity index (χ3n) is 4.22. The number of nitrogens with one attached hydrogen (secondary N) is 2. The molecule has 1 saturated heterocycles. The van der Waals surface area contributed by atoms with Crippen LogP contribution in [0, 0.1) is 0 Å². The van der Waals surface area contributed by atoms with Crippen LogP contribution in [0.3, 0.4) is 0 Å². The van der Waals surface area contributed by atoms with Gasteiger partial charge in [-0.1, -0.05) is 6.42 Å². The minimum absolute atomic E-state index is 0.280. The van der Waals surface area contributed by atoms with Crippen LogP contribution in [0.2, 0.25) is 0 Å². The van der Waals surface area contributed by atoms with Gasteiger partial charge in [0.2, 0.25) is 0 Å². The number of nitrogens with zero attached hydrogens (tertiary/aromatic N) is 3. The monoisotopic (exact) mass is 289 g/mol. The third kappa shape index (κ3) is 3.33. The van der Waals surface area contributed by atoms with Gasteiger partial charge in [0.05, 0.1) is 12.1 Å². The first-order chi connectivity index (χ1) is 10.4. The quantitative estimate of drug-likeness (QED) is 0.704. The normalized spacial score (nSPS) is 20.0. The molecule has 0 spiro atoms. The van der Waals surface area contributed by atoms with Crippen LogP contribution in [-0.2, 0) is 0 Å². The van der Waals surface area contributed by atoms with Crippen molar-refractivity contribution < 1.29 is 5.11 Å². The van der Waals surface area contributed by atoms with Gasteiger partial charge in [-0.05, 0) is 31.9 Å². The summed E-state index contributed by atoms with van der Waals surface area (Å²) in [4.78, 5) is 14.1. The van der Waals surface area contributed by atoms with E-state index in [4.69, 9.17) is 0 Å². The highest BCUT2D eigenvalue weighted by molar-refractivity contribution is 5.85. The Balaban J connectivity index is 1.49. The maximum Gasteiger partial charge on any atom is 0.153 e. The lowest BCUT2D eigenvalue weighted by Gasteiger charge is -2.34. The summed E-state index contributed by atoms with van der Waals surface area (Å²) in [7, 11) is 0. The van der Waals surface area contributed by atoms with Gasteiger partial charge in [0.1, 0.15) is 11.8 Å². The Morgan fingerprint density at radius 2 is 2.33 bits per heavy atom. The number of hydrogen-bond donors (Lipinski definition) is 3. The highest BCUT2D eigenvalue weighted by atomic mass is 16.3. The molecule has 0 radical (unpaired) electrons. The predicted molar refractivity (Wildman–Crippen MR) is 83.3 cm³/mol. The number of aliphatic hydroxyl groups excluding tert-OH is 1. The molecule has 2 aromatic rings.